The Morgan fingerprint density at radius 3 is 2.84 bits per heavy atom. The first-order valence-electron chi connectivity index (χ1n) is 13.6. The molecular weight excluding hydrogens is 470 g/mol. The van der Waals surface area contributed by atoms with Crippen molar-refractivity contribution in [2.45, 2.75) is 56.7 Å². The van der Waals surface area contributed by atoms with Crippen molar-refractivity contribution in [2.75, 3.05) is 32.7 Å². The van der Waals surface area contributed by atoms with Crippen molar-refractivity contribution >= 4 is 17.1 Å². The summed E-state index contributed by atoms with van der Waals surface area (Å²) in [5, 5.41) is 20.2. The lowest BCUT2D eigenvalue weighted by Gasteiger charge is -2.53. The number of hydrogen-bond donors (Lipinski definition) is 2. The summed E-state index contributed by atoms with van der Waals surface area (Å²) < 4.78 is 3.12. The number of piperidine rings is 1. The second-order valence-corrected chi connectivity index (χ2v) is 11.3. The Morgan fingerprint density at radius 2 is 2.05 bits per heavy atom. The van der Waals surface area contributed by atoms with Crippen molar-refractivity contribution in [2.24, 2.45) is 18.4 Å². The van der Waals surface area contributed by atoms with Crippen molar-refractivity contribution < 1.29 is 9.90 Å². The quantitative estimate of drug-likeness (QED) is 0.654. The summed E-state index contributed by atoms with van der Waals surface area (Å²) in [7, 11) is 1.76. The molecule has 4 aliphatic rings. The first kappa shape index (κ1) is 24.4. The molecular formula is C27H37N7O3. The van der Waals surface area contributed by atoms with Gasteiger partial charge in [0.25, 0.3) is 5.56 Å². The zero-order chi connectivity index (χ0) is 25.6. The highest BCUT2D eigenvalue weighted by molar-refractivity contribution is 5.75. The fourth-order valence-corrected chi connectivity index (χ4v) is 7.14. The number of aryl methyl sites for hydroxylation is 1. The Hall–Kier alpha value is -2.98. The number of allylic oxidation sites excluding steroid dienone is 3. The first-order valence-corrected chi connectivity index (χ1v) is 13.6. The molecule has 3 atom stereocenters. The van der Waals surface area contributed by atoms with E-state index in [9.17, 15) is 14.7 Å². The first-order chi connectivity index (χ1) is 17.9. The Kier molecular flexibility index (Phi) is 6.19. The van der Waals surface area contributed by atoms with E-state index < -0.39 is 11.0 Å². The molecule has 10 nitrogen and oxygen atoms in total. The van der Waals surface area contributed by atoms with E-state index >= 15 is 0 Å². The normalized spacial score (nSPS) is 29.5. The van der Waals surface area contributed by atoms with E-state index in [0.29, 0.717) is 43.0 Å². The molecule has 2 saturated heterocycles. The number of piperazine rings is 1. The van der Waals surface area contributed by atoms with Crippen molar-refractivity contribution in [1.29, 1.82) is 0 Å². The molecule has 6 rings (SSSR count). The molecule has 1 spiro atoms. The number of amides is 2. The molecule has 0 aromatic carbocycles. The molecule has 37 heavy (non-hydrogen) atoms. The van der Waals surface area contributed by atoms with Gasteiger partial charge in [-0.1, -0.05) is 37.1 Å². The van der Waals surface area contributed by atoms with Crippen molar-refractivity contribution in [3.63, 3.8) is 0 Å². The van der Waals surface area contributed by atoms with Crippen molar-refractivity contribution in [3.05, 3.63) is 47.2 Å². The number of aliphatic hydroxyl groups is 1. The van der Waals surface area contributed by atoms with Gasteiger partial charge in [-0.2, -0.15) is 5.10 Å². The maximum Gasteiger partial charge on any atom is 0.320 e. The fraction of sp³-hybridized carbons (Fsp3) is 0.630. The Labute approximate surface area is 216 Å². The molecule has 2 aromatic rings. The SMILES string of the molecule is Cn1ncc2c(=O)n(CC3(O)CCN(C(=O)N4CCNC[C@H]4C4C=CC=CC4)CC34CCCC4)cnc21. The van der Waals surface area contributed by atoms with Gasteiger partial charge in [-0.05, 0) is 25.7 Å². The van der Waals surface area contributed by atoms with Crippen LogP contribution in [0.2, 0.25) is 0 Å². The van der Waals surface area contributed by atoms with E-state index in [0.717, 1.165) is 45.2 Å². The minimum absolute atomic E-state index is 0.0818. The summed E-state index contributed by atoms with van der Waals surface area (Å²) >= 11 is 0. The summed E-state index contributed by atoms with van der Waals surface area (Å²) in [5.74, 6) is 0.311. The summed E-state index contributed by atoms with van der Waals surface area (Å²) in [4.78, 5) is 35.6. The number of rotatable bonds is 3. The van der Waals surface area contributed by atoms with Gasteiger partial charge in [-0.3, -0.25) is 14.0 Å². The van der Waals surface area contributed by atoms with Crippen molar-refractivity contribution in [3.8, 4) is 0 Å². The molecule has 0 radical (unpaired) electrons. The number of likely N-dealkylation sites (tertiary alicyclic amines) is 1. The fourth-order valence-electron chi connectivity index (χ4n) is 7.14. The maximum atomic E-state index is 13.9. The monoisotopic (exact) mass is 507 g/mol. The minimum atomic E-state index is -1.08. The van der Waals surface area contributed by atoms with Crippen molar-refractivity contribution in [1.82, 2.24) is 34.4 Å². The van der Waals surface area contributed by atoms with Gasteiger partial charge < -0.3 is 20.2 Å². The number of fused-ring (bicyclic) bond motifs is 1. The van der Waals surface area contributed by atoms with Crippen LogP contribution in [0.4, 0.5) is 4.79 Å². The number of urea groups is 1. The van der Waals surface area contributed by atoms with Crippen LogP contribution in [0.15, 0.2) is 41.6 Å². The summed E-state index contributed by atoms with van der Waals surface area (Å²) in [6.07, 6.45) is 16.8. The smallest absolute Gasteiger partial charge is 0.320 e. The van der Waals surface area contributed by atoms with Crippen LogP contribution in [-0.2, 0) is 13.6 Å². The van der Waals surface area contributed by atoms with Crippen LogP contribution in [0.5, 0.6) is 0 Å². The summed E-state index contributed by atoms with van der Waals surface area (Å²) in [6.45, 7) is 3.47. The van der Waals surface area contributed by atoms with Crippen LogP contribution >= 0.6 is 0 Å². The third-order valence-corrected chi connectivity index (χ3v) is 9.29. The second-order valence-electron chi connectivity index (χ2n) is 11.3. The minimum Gasteiger partial charge on any atom is -0.387 e. The molecule has 2 aliphatic heterocycles. The highest BCUT2D eigenvalue weighted by Gasteiger charge is 2.56. The number of hydrogen-bond acceptors (Lipinski definition) is 6. The van der Waals surface area contributed by atoms with Crippen LogP contribution in [-0.4, -0.2) is 84.6 Å². The van der Waals surface area contributed by atoms with Gasteiger partial charge in [0.15, 0.2) is 5.65 Å². The molecule has 4 heterocycles. The van der Waals surface area contributed by atoms with Gasteiger partial charge >= 0.3 is 6.03 Å². The van der Waals surface area contributed by atoms with E-state index in [-0.39, 0.29) is 24.2 Å². The van der Waals surface area contributed by atoms with Crippen LogP contribution in [0.3, 0.4) is 0 Å². The van der Waals surface area contributed by atoms with E-state index in [2.05, 4.69) is 44.6 Å². The Bertz CT molecular complexity index is 1290. The number of carbonyl (C=O) groups is 1. The highest BCUT2D eigenvalue weighted by Crippen LogP contribution is 2.51. The molecule has 2 amide bonds. The standard InChI is InChI=1S/C27H37N7O3/c1-31-23-21(15-30-31)24(35)33(19-29-23)18-27(37)11-13-32(17-26(27)9-5-6-10-26)25(36)34-14-12-28-16-22(34)20-7-3-2-4-8-20/h2-4,7,15,19-20,22,28,37H,5-6,8-14,16-18H2,1H3/t20?,22-,27?/m0/s1. The topological polar surface area (TPSA) is 109 Å². The van der Waals surface area contributed by atoms with Gasteiger partial charge in [-0.15, -0.1) is 0 Å². The zero-order valence-corrected chi connectivity index (χ0v) is 21.6. The molecule has 2 unspecified atom stereocenters. The molecule has 3 fully saturated rings. The van der Waals surface area contributed by atoms with E-state index in [1.54, 1.807) is 17.9 Å². The molecule has 2 aromatic heterocycles. The highest BCUT2D eigenvalue weighted by atomic mass is 16.3. The van der Waals surface area contributed by atoms with Crippen LogP contribution in [0.1, 0.15) is 38.5 Å². The van der Waals surface area contributed by atoms with E-state index in [1.807, 2.05) is 4.90 Å². The third kappa shape index (κ3) is 4.10. The molecule has 2 N–H and O–H groups in total. The summed E-state index contributed by atoms with van der Waals surface area (Å²) in [5.41, 5.74) is -1.16. The summed E-state index contributed by atoms with van der Waals surface area (Å²) in [6, 6.07) is 0.206. The van der Waals surface area contributed by atoms with E-state index in [1.165, 1.54) is 10.9 Å². The predicted molar refractivity (Wildman–Crippen MR) is 140 cm³/mol. The third-order valence-electron chi connectivity index (χ3n) is 9.29. The molecule has 10 heteroatoms. The molecule has 2 aliphatic carbocycles. The largest absolute Gasteiger partial charge is 0.387 e. The van der Waals surface area contributed by atoms with Gasteiger partial charge in [-0.25, -0.2) is 9.78 Å². The van der Waals surface area contributed by atoms with Gasteiger partial charge in [0.1, 0.15) is 11.7 Å². The Morgan fingerprint density at radius 1 is 1.22 bits per heavy atom. The van der Waals surface area contributed by atoms with E-state index in [4.69, 9.17) is 0 Å². The van der Waals surface area contributed by atoms with Crippen LogP contribution in [0, 0.1) is 11.3 Å². The second kappa shape index (κ2) is 9.40. The van der Waals surface area contributed by atoms with Gasteiger partial charge in [0.05, 0.1) is 24.4 Å². The molecule has 1 saturated carbocycles. The van der Waals surface area contributed by atoms with Gasteiger partial charge in [0.2, 0.25) is 0 Å². The molecule has 0 bridgehead atoms. The lowest BCUT2D eigenvalue weighted by molar-refractivity contribution is -0.137. The number of nitrogens with one attached hydrogen (secondary N) is 1. The average molecular weight is 508 g/mol. The zero-order valence-electron chi connectivity index (χ0n) is 21.6. The average Bonchev–Trinajstić information content (AvgIpc) is 3.56. The number of carbonyl (C=O) groups excluding carboxylic acids is 1. The Balaban J connectivity index is 1.24. The maximum absolute atomic E-state index is 13.9. The molecule has 198 valence electrons. The van der Waals surface area contributed by atoms with Gasteiger partial charge in [0, 0.05) is 51.1 Å². The lowest BCUT2D eigenvalue weighted by Crippen LogP contribution is -2.66. The predicted octanol–water partition coefficient (Wildman–Crippen LogP) is 1.65. The number of aromatic nitrogens is 4. The van der Waals surface area contributed by atoms with Crippen LogP contribution < -0.4 is 10.9 Å². The lowest BCUT2D eigenvalue weighted by atomic mass is 9.66. The number of nitrogens with zero attached hydrogens (tertiary/aromatic N) is 6. The van der Waals surface area contributed by atoms with Crippen LogP contribution in [0.25, 0.3) is 11.0 Å².